The molecule has 1 amide bonds. The van der Waals surface area contributed by atoms with E-state index in [1.165, 1.54) is 5.56 Å². The SMILES string of the molecule is O=C(OCc1ccccc1)N1CCCCC(c2ccccc2)C1. The van der Waals surface area contributed by atoms with Gasteiger partial charge in [0, 0.05) is 19.0 Å². The van der Waals surface area contributed by atoms with Gasteiger partial charge in [0.05, 0.1) is 0 Å². The highest BCUT2D eigenvalue weighted by molar-refractivity contribution is 5.67. The minimum atomic E-state index is -0.198. The summed E-state index contributed by atoms with van der Waals surface area (Å²) < 4.78 is 5.49. The molecule has 1 atom stereocenters. The Labute approximate surface area is 137 Å². The lowest BCUT2D eigenvalue weighted by molar-refractivity contribution is 0.0959. The molecule has 0 radical (unpaired) electrons. The van der Waals surface area contributed by atoms with Crippen LogP contribution in [-0.2, 0) is 11.3 Å². The van der Waals surface area contributed by atoms with E-state index in [4.69, 9.17) is 4.74 Å². The van der Waals surface area contributed by atoms with Gasteiger partial charge in [0.2, 0.25) is 0 Å². The van der Waals surface area contributed by atoms with Crippen molar-refractivity contribution in [2.75, 3.05) is 13.1 Å². The minimum Gasteiger partial charge on any atom is -0.445 e. The molecular weight excluding hydrogens is 286 g/mol. The van der Waals surface area contributed by atoms with Gasteiger partial charge in [-0.1, -0.05) is 67.1 Å². The zero-order valence-corrected chi connectivity index (χ0v) is 13.4. The number of benzene rings is 2. The fourth-order valence-corrected chi connectivity index (χ4v) is 3.12. The van der Waals surface area contributed by atoms with Crippen molar-refractivity contribution < 1.29 is 9.53 Å². The monoisotopic (exact) mass is 309 g/mol. The molecule has 23 heavy (non-hydrogen) atoms. The number of rotatable bonds is 3. The van der Waals surface area contributed by atoms with Crippen molar-refractivity contribution in [1.82, 2.24) is 4.90 Å². The molecule has 3 rings (SSSR count). The Hall–Kier alpha value is -2.29. The van der Waals surface area contributed by atoms with Crippen molar-refractivity contribution in [3.05, 3.63) is 71.8 Å². The van der Waals surface area contributed by atoms with Crippen LogP contribution in [0.2, 0.25) is 0 Å². The second kappa shape index (κ2) is 7.82. The van der Waals surface area contributed by atoms with Crippen molar-refractivity contribution in [2.24, 2.45) is 0 Å². The highest BCUT2D eigenvalue weighted by atomic mass is 16.6. The second-order valence-electron chi connectivity index (χ2n) is 6.09. The summed E-state index contributed by atoms with van der Waals surface area (Å²) in [4.78, 5) is 14.3. The molecule has 1 unspecified atom stereocenters. The first-order valence-corrected chi connectivity index (χ1v) is 8.33. The van der Waals surface area contributed by atoms with Gasteiger partial charge in [-0.2, -0.15) is 0 Å². The van der Waals surface area contributed by atoms with Crippen LogP contribution in [0, 0.1) is 0 Å². The number of likely N-dealkylation sites (tertiary alicyclic amines) is 1. The third-order valence-electron chi connectivity index (χ3n) is 4.41. The smallest absolute Gasteiger partial charge is 0.410 e. The Balaban J connectivity index is 1.60. The van der Waals surface area contributed by atoms with Crippen LogP contribution in [0.5, 0.6) is 0 Å². The Morgan fingerprint density at radius 1 is 1.00 bits per heavy atom. The van der Waals surface area contributed by atoms with E-state index in [0.717, 1.165) is 37.9 Å². The van der Waals surface area contributed by atoms with E-state index >= 15 is 0 Å². The molecule has 1 aliphatic rings. The summed E-state index contributed by atoms with van der Waals surface area (Å²) in [5.74, 6) is 0.406. The summed E-state index contributed by atoms with van der Waals surface area (Å²) in [6.07, 6.45) is 3.13. The molecule has 1 fully saturated rings. The first-order valence-electron chi connectivity index (χ1n) is 8.33. The van der Waals surface area contributed by atoms with Crippen molar-refractivity contribution >= 4 is 6.09 Å². The van der Waals surface area contributed by atoms with E-state index in [9.17, 15) is 4.79 Å². The van der Waals surface area contributed by atoms with E-state index in [2.05, 4.69) is 24.3 Å². The maximum atomic E-state index is 12.4. The van der Waals surface area contributed by atoms with E-state index in [1.54, 1.807) is 0 Å². The van der Waals surface area contributed by atoms with Crippen LogP contribution in [0.3, 0.4) is 0 Å². The van der Waals surface area contributed by atoms with Gasteiger partial charge < -0.3 is 9.64 Å². The molecule has 0 aromatic heterocycles. The predicted octanol–water partition coefficient (Wildman–Crippen LogP) is 4.59. The number of hydrogen-bond donors (Lipinski definition) is 0. The van der Waals surface area contributed by atoms with Crippen LogP contribution in [-0.4, -0.2) is 24.1 Å². The summed E-state index contributed by atoms with van der Waals surface area (Å²) in [6, 6.07) is 20.3. The lowest BCUT2D eigenvalue weighted by atomic mass is 9.94. The van der Waals surface area contributed by atoms with Crippen LogP contribution in [0.15, 0.2) is 60.7 Å². The van der Waals surface area contributed by atoms with Crippen LogP contribution in [0.25, 0.3) is 0 Å². The Kier molecular flexibility index (Phi) is 5.30. The van der Waals surface area contributed by atoms with Gasteiger partial charge in [-0.15, -0.1) is 0 Å². The normalized spacial score (nSPS) is 18.3. The molecule has 1 saturated heterocycles. The number of hydrogen-bond acceptors (Lipinski definition) is 2. The maximum absolute atomic E-state index is 12.4. The summed E-state index contributed by atoms with van der Waals surface area (Å²) in [5.41, 5.74) is 2.34. The topological polar surface area (TPSA) is 29.5 Å². The van der Waals surface area contributed by atoms with Gasteiger partial charge in [-0.3, -0.25) is 0 Å². The highest BCUT2D eigenvalue weighted by Crippen LogP contribution is 2.26. The van der Waals surface area contributed by atoms with Gasteiger partial charge in [-0.25, -0.2) is 4.79 Å². The van der Waals surface area contributed by atoms with Gasteiger partial charge in [0.15, 0.2) is 0 Å². The third kappa shape index (κ3) is 4.35. The Morgan fingerprint density at radius 3 is 2.43 bits per heavy atom. The van der Waals surface area contributed by atoms with Crippen molar-refractivity contribution in [3.8, 4) is 0 Å². The number of carbonyl (C=O) groups is 1. The fraction of sp³-hybridized carbons (Fsp3) is 0.350. The molecule has 1 aliphatic heterocycles. The molecule has 1 heterocycles. The number of nitrogens with zero attached hydrogens (tertiary/aromatic N) is 1. The maximum Gasteiger partial charge on any atom is 0.410 e. The van der Waals surface area contributed by atoms with Crippen LogP contribution in [0.1, 0.15) is 36.3 Å². The molecule has 0 aliphatic carbocycles. The molecular formula is C20H23NO2. The zero-order valence-electron chi connectivity index (χ0n) is 13.4. The van der Waals surface area contributed by atoms with E-state index in [-0.39, 0.29) is 6.09 Å². The zero-order chi connectivity index (χ0) is 15.9. The molecule has 0 spiro atoms. The van der Waals surface area contributed by atoms with Gasteiger partial charge in [0.25, 0.3) is 0 Å². The summed E-state index contributed by atoms with van der Waals surface area (Å²) in [5, 5.41) is 0. The quantitative estimate of drug-likeness (QED) is 0.829. The standard InChI is InChI=1S/C20H23NO2/c22-20(23-16-17-9-3-1-4-10-17)21-14-8-7-13-19(15-21)18-11-5-2-6-12-18/h1-6,9-12,19H,7-8,13-16H2. The molecule has 3 heteroatoms. The second-order valence-corrected chi connectivity index (χ2v) is 6.09. The average Bonchev–Trinajstić information content (AvgIpc) is 2.88. The lowest BCUT2D eigenvalue weighted by Crippen LogP contribution is -2.34. The van der Waals surface area contributed by atoms with Crippen LogP contribution in [0.4, 0.5) is 4.79 Å². The molecule has 3 nitrogen and oxygen atoms in total. The van der Waals surface area contributed by atoms with E-state index < -0.39 is 0 Å². The third-order valence-corrected chi connectivity index (χ3v) is 4.41. The van der Waals surface area contributed by atoms with E-state index in [0.29, 0.717) is 12.5 Å². The lowest BCUT2D eigenvalue weighted by Gasteiger charge is -2.24. The van der Waals surface area contributed by atoms with Crippen LogP contribution >= 0.6 is 0 Å². The average molecular weight is 309 g/mol. The van der Waals surface area contributed by atoms with Crippen molar-refractivity contribution in [2.45, 2.75) is 31.8 Å². The van der Waals surface area contributed by atoms with Crippen molar-refractivity contribution in [3.63, 3.8) is 0 Å². The molecule has 0 saturated carbocycles. The highest BCUT2D eigenvalue weighted by Gasteiger charge is 2.23. The van der Waals surface area contributed by atoms with Gasteiger partial charge in [-0.05, 0) is 24.0 Å². The molecule has 120 valence electrons. The molecule has 2 aromatic rings. The first kappa shape index (κ1) is 15.6. The minimum absolute atomic E-state index is 0.198. The van der Waals surface area contributed by atoms with Gasteiger partial charge >= 0.3 is 6.09 Å². The number of ether oxygens (including phenoxy) is 1. The summed E-state index contributed by atoms with van der Waals surface area (Å²) in [6.45, 7) is 1.88. The van der Waals surface area contributed by atoms with Crippen molar-refractivity contribution in [1.29, 1.82) is 0 Å². The van der Waals surface area contributed by atoms with E-state index in [1.807, 2.05) is 41.3 Å². The Bertz CT molecular complexity index is 612. The molecule has 0 N–H and O–H groups in total. The molecule has 2 aromatic carbocycles. The van der Waals surface area contributed by atoms with Gasteiger partial charge in [0.1, 0.15) is 6.61 Å². The Morgan fingerprint density at radius 2 is 1.70 bits per heavy atom. The summed E-state index contributed by atoms with van der Waals surface area (Å²) in [7, 11) is 0. The molecule has 0 bridgehead atoms. The van der Waals surface area contributed by atoms with Crippen LogP contribution < -0.4 is 0 Å². The predicted molar refractivity (Wildman–Crippen MR) is 91.2 cm³/mol. The summed E-state index contributed by atoms with van der Waals surface area (Å²) >= 11 is 0. The number of amides is 1. The number of carbonyl (C=O) groups excluding carboxylic acids is 1. The largest absolute Gasteiger partial charge is 0.445 e. The fourth-order valence-electron chi connectivity index (χ4n) is 3.12. The first-order chi connectivity index (χ1) is 11.3.